The molecule has 354 valence electrons. The minimum absolute atomic E-state index is 0. The van der Waals surface area contributed by atoms with Crippen LogP contribution in [0, 0.1) is 0 Å². The molecule has 2 aromatic carbocycles. The van der Waals surface area contributed by atoms with Crippen LogP contribution in [0.2, 0.25) is 0 Å². The van der Waals surface area contributed by atoms with Gasteiger partial charge in [-0.2, -0.15) is 0 Å². The van der Waals surface area contributed by atoms with Crippen LogP contribution in [0.3, 0.4) is 0 Å². The maximum atomic E-state index is 10.3. The van der Waals surface area contributed by atoms with E-state index in [-0.39, 0.29) is 155 Å². The first-order valence-corrected chi connectivity index (χ1v) is 15.4. The van der Waals surface area contributed by atoms with E-state index in [4.69, 9.17) is 31.9 Å². The normalized spacial score (nSPS) is 10.4. The van der Waals surface area contributed by atoms with Crippen LogP contribution in [0.25, 0.3) is 0 Å². The Kier molecular flexibility index (Phi) is 58.1. The van der Waals surface area contributed by atoms with Crippen LogP contribution in [-0.4, -0.2) is 262 Å². The van der Waals surface area contributed by atoms with Gasteiger partial charge in [0.15, 0.2) is 0 Å². The number of aliphatic carboxylic acids is 6. The van der Waals surface area contributed by atoms with Crippen LogP contribution >= 0.6 is 0 Å². The minimum atomic E-state index is -2.44. The summed E-state index contributed by atoms with van der Waals surface area (Å²) in [5.41, 5.74) is 8.21. The third kappa shape index (κ3) is 42.9. The van der Waals surface area contributed by atoms with Gasteiger partial charge in [0.25, 0.3) is 0 Å². The van der Waals surface area contributed by atoms with E-state index in [9.17, 15) is 109 Å². The number of amides is 2. The summed E-state index contributed by atoms with van der Waals surface area (Å²) < 4.78 is 0. The van der Waals surface area contributed by atoms with Crippen molar-refractivity contribution in [1.29, 1.82) is 0 Å². The van der Waals surface area contributed by atoms with Crippen LogP contribution in [-0.2, 0) is 38.4 Å². The standard InChI is InChI=1S/2C8H6O4.2C4H8N2O3.2C4H6O6.5Sn/c2*9-7(10)5-3-1-2-4-6(5)8(11)12;2*5-1-3(7)6-2-4(8)9;2*5-1(3(7)8)2(6)4(9)10;;;;;/h2*1-4H,(H,9,10)(H,11,12);2*1-2,5H2,(H,6,7)(H,8,9);2*1-2,5-6H,(H,7,8)(H,9,10);;;;;/q;;;;;;5*+2/p-10. The molecule has 0 bridgehead atoms. The maximum absolute atomic E-state index is 10.3. The Morgan fingerprint density at radius 1 is 0.388 bits per heavy atom. The van der Waals surface area contributed by atoms with Crippen LogP contribution in [0.15, 0.2) is 48.5 Å². The number of rotatable bonds is 16. The molecule has 30 nitrogen and oxygen atoms in total. The molecule has 0 fully saturated rings. The van der Waals surface area contributed by atoms with E-state index in [0.717, 1.165) is 24.3 Å². The summed E-state index contributed by atoms with van der Waals surface area (Å²) in [6.07, 6.45) is -9.76. The van der Waals surface area contributed by atoms with Gasteiger partial charge in [-0.25, -0.2) is 0 Å². The third-order valence-corrected chi connectivity index (χ3v) is 5.53. The van der Waals surface area contributed by atoms with Gasteiger partial charge in [-0.1, -0.05) is 48.5 Å². The molecule has 0 aliphatic rings. The van der Waals surface area contributed by atoms with Crippen LogP contribution in [0.1, 0.15) is 41.4 Å². The first-order valence-electron chi connectivity index (χ1n) is 15.4. The summed E-state index contributed by atoms with van der Waals surface area (Å²) >= 11 is 0. The fourth-order valence-corrected chi connectivity index (χ4v) is 2.68. The predicted octanol–water partition coefficient (Wildman–Crippen LogP) is -21.0. The van der Waals surface area contributed by atoms with E-state index in [1.54, 1.807) is 0 Å². The number of carboxylic acids is 10. The summed E-state index contributed by atoms with van der Waals surface area (Å²) in [6.45, 7) is -1.35. The molecule has 0 aliphatic carbocycles. The summed E-state index contributed by atoms with van der Waals surface area (Å²) in [6, 6.07) is 10.3. The molecule has 0 heterocycles. The van der Waals surface area contributed by atoms with Crippen LogP contribution in [0.5, 0.6) is 0 Å². The zero-order valence-corrected chi connectivity index (χ0v) is 47.5. The van der Waals surface area contributed by atoms with E-state index >= 15 is 0 Å². The summed E-state index contributed by atoms with van der Waals surface area (Å²) in [5.74, 6) is -18.0. The van der Waals surface area contributed by atoms with Gasteiger partial charge in [-0.3, -0.25) is 9.59 Å². The molecule has 0 saturated heterocycles. The van der Waals surface area contributed by atoms with Gasteiger partial charge >= 0.3 is 120 Å². The first kappa shape index (κ1) is 82.9. The average molecular weight is 1480 g/mol. The number of benzene rings is 2. The molecule has 0 aliphatic heterocycles. The molecule has 2 rings (SSSR count). The molecule has 2 aromatic rings. The van der Waals surface area contributed by atoms with Crippen LogP contribution in [0.4, 0.5) is 0 Å². The number of hydrogen-bond acceptors (Lipinski definition) is 28. The molecular formula is C32H30N4O26Sn5. The number of carbonyl (C=O) groups is 12. The largest absolute Gasteiger partial charge is 2.00 e. The van der Waals surface area contributed by atoms with Crippen molar-refractivity contribution in [1.82, 2.24) is 10.6 Å². The smallest absolute Gasteiger partial charge is 0.548 e. The van der Waals surface area contributed by atoms with Gasteiger partial charge in [0, 0.05) is 22.3 Å². The van der Waals surface area contributed by atoms with Gasteiger partial charge in [-0.05, 0) is 0 Å². The molecule has 2 amide bonds. The molecule has 0 saturated carbocycles. The quantitative estimate of drug-likeness (QED) is 0.0724. The predicted molar refractivity (Wildman–Crippen MR) is 197 cm³/mol. The molecule has 0 aromatic heterocycles. The number of nitrogens with two attached hydrogens (primary N) is 2. The summed E-state index contributed by atoms with van der Waals surface area (Å²) in [7, 11) is 0. The van der Waals surface area contributed by atoms with Crippen molar-refractivity contribution in [3.63, 3.8) is 0 Å². The summed E-state index contributed by atoms with van der Waals surface area (Å²) in [4.78, 5) is 120. The van der Waals surface area contributed by atoms with E-state index in [0.29, 0.717) is 0 Å². The number of carboxylic acid groups (broad SMARTS) is 10. The van der Waals surface area contributed by atoms with Crippen molar-refractivity contribution in [3.8, 4) is 0 Å². The van der Waals surface area contributed by atoms with Crippen molar-refractivity contribution in [2.24, 2.45) is 11.5 Å². The fraction of sp³-hybridized carbons (Fsp3) is 0.250. The van der Waals surface area contributed by atoms with Crippen molar-refractivity contribution in [2.75, 3.05) is 26.2 Å². The van der Waals surface area contributed by atoms with Gasteiger partial charge in [0.1, 0.15) is 24.4 Å². The van der Waals surface area contributed by atoms with Crippen molar-refractivity contribution in [3.05, 3.63) is 70.8 Å². The topological polar surface area (TPSA) is 592 Å². The van der Waals surface area contributed by atoms with Crippen molar-refractivity contribution < 1.29 is 129 Å². The number of aliphatic hydroxyl groups excluding tert-OH is 4. The molecule has 35 heteroatoms. The molecule has 4 unspecified atom stereocenters. The van der Waals surface area contributed by atoms with Crippen LogP contribution < -0.4 is 73.2 Å². The Balaban J connectivity index is -0.0000000852. The number of nitrogens with one attached hydrogen (secondary N) is 2. The molecule has 0 spiro atoms. The van der Waals surface area contributed by atoms with E-state index < -0.39 is 109 Å². The molecule has 4 atom stereocenters. The molecular weight excluding hydrogens is 1450 g/mol. The van der Waals surface area contributed by atoms with Gasteiger partial charge < -0.3 is 142 Å². The third-order valence-electron chi connectivity index (χ3n) is 5.53. The van der Waals surface area contributed by atoms with Gasteiger partial charge in [-0.15, -0.1) is 0 Å². The SMILES string of the molecule is NCC(=O)NCC(=O)[O-].NCC(=O)NCC(=O)[O-].O=C([O-])C(O)C(O)C(=O)[O-].O=C([O-])C(O)C(O)C(=O)[O-].O=C([O-])c1ccccc1C(=O)[O-].O=C([O-])c1ccccc1C(=O)[O-].[Sn+2].[Sn+2].[Sn+2].[Sn+2].[Sn+2]. The number of hydrogen-bond donors (Lipinski definition) is 8. The van der Waals surface area contributed by atoms with E-state index in [2.05, 4.69) is 0 Å². The second kappa shape index (κ2) is 46.9. The fourth-order valence-electron chi connectivity index (χ4n) is 2.68. The minimum Gasteiger partial charge on any atom is -0.548 e. The number of carbonyl (C=O) groups excluding carboxylic acids is 12. The number of aromatic carboxylic acids is 4. The Hall–Kier alpha value is -4.17. The summed E-state index contributed by atoms with van der Waals surface area (Å²) in [5, 5.41) is 136. The zero-order chi connectivity index (χ0) is 49.4. The monoisotopic (exact) mass is 1490 g/mol. The molecule has 67 heavy (non-hydrogen) atoms. The zero-order valence-electron chi connectivity index (χ0n) is 33.2. The number of aliphatic hydroxyl groups is 4. The average Bonchev–Trinajstić information content (AvgIpc) is 3.21. The van der Waals surface area contributed by atoms with Gasteiger partial charge in [0.05, 0.1) is 85.9 Å². The Morgan fingerprint density at radius 2 is 0.552 bits per heavy atom. The second-order valence-electron chi connectivity index (χ2n) is 10.0. The Labute approximate surface area is 459 Å². The maximum Gasteiger partial charge on any atom is 2.00 e. The molecule has 10 radical (unpaired) electrons. The van der Waals surface area contributed by atoms with Crippen molar-refractivity contribution in [2.45, 2.75) is 24.4 Å². The first-order chi connectivity index (χ1) is 28.5. The Morgan fingerprint density at radius 3 is 0.657 bits per heavy atom. The molecule has 10 N–H and O–H groups in total. The van der Waals surface area contributed by atoms with E-state index in [1.807, 2.05) is 10.6 Å². The van der Waals surface area contributed by atoms with Gasteiger partial charge in [0.2, 0.25) is 11.8 Å². The second-order valence-corrected chi connectivity index (χ2v) is 10.0. The Bertz CT molecular complexity index is 1670. The van der Waals surface area contributed by atoms with E-state index in [1.165, 1.54) is 24.3 Å². The van der Waals surface area contributed by atoms with Crippen molar-refractivity contribution >= 4 is 191 Å².